The predicted octanol–water partition coefficient (Wildman–Crippen LogP) is 2.87. The van der Waals surface area contributed by atoms with Crippen LogP contribution in [-0.2, 0) is 11.2 Å². The van der Waals surface area contributed by atoms with Crippen LogP contribution in [0.1, 0.15) is 25.5 Å². The molecule has 2 aromatic heterocycles. The highest BCUT2D eigenvalue weighted by Gasteiger charge is 2.17. The van der Waals surface area contributed by atoms with E-state index in [2.05, 4.69) is 10.2 Å². The molecule has 0 amide bonds. The molecule has 2 heterocycles. The first-order valence-electron chi connectivity index (χ1n) is 8.33. The van der Waals surface area contributed by atoms with E-state index in [4.69, 9.17) is 4.74 Å². The van der Waals surface area contributed by atoms with E-state index < -0.39 is 0 Å². The Kier molecular flexibility index (Phi) is 5.09. The summed E-state index contributed by atoms with van der Waals surface area (Å²) in [5.41, 5.74) is 3.48. The number of hydrogen-bond donors (Lipinski definition) is 0. The monoisotopic (exact) mass is 338 g/mol. The van der Waals surface area contributed by atoms with Crippen LogP contribution in [0.3, 0.4) is 0 Å². The second-order valence-electron chi connectivity index (χ2n) is 6.10. The molecule has 0 atom stereocenters. The SMILES string of the molecule is COCCc1cnn(-c2ccccc2)c1-c1ccc(=O)n(C(C)C)n1. The van der Waals surface area contributed by atoms with E-state index in [9.17, 15) is 4.79 Å². The first-order chi connectivity index (χ1) is 12.1. The third-order valence-electron chi connectivity index (χ3n) is 3.98. The van der Waals surface area contributed by atoms with Gasteiger partial charge in [0.15, 0.2) is 0 Å². The van der Waals surface area contributed by atoms with Crippen molar-refractivity contribution in [2.24, 2.45) is 0 Å². The number of ether oxygens (including phenoxy) is 1. The lowest BCUT2D eigenvalue weighted by Crippen LogP contribution is -2.24. The Balaban J connectivity index is 2.17. The van der Waals surface area contributed by atoms with Gasteiger partial charge in [0.2, 0.25) is 0 Å². The molecule has 0 saturated carbocycles. The van der Waals surface area contributed by atoms with Gasteiger partial charge < -0.3 is 4.74 Å². The minimum absolute atomic E-state index is 0.0111. The second-order valence-corrected chi connectivity index (χ2v) is 6.10. The van der Waals surface area contributed by atoms with Gasteiger partial charge in [-0.1, -0.05) is 18.2 Å². The summed E-state index contributed by atoms with van der Waals surface area (Å²) < 4.78 is 8.58. The van der Waals surface area contributed by atoms with Crippen molar-refractivity contribution >= 4 is 0 Å². The van der Waals surface area contributed by atoms with Crippen LogP contribution in [0.4, 0.5) is 0 Å². The number of nitrogens with zero attached hydrogens (tertiary/aromatic N) is 4. The highest BCUT2D eigenvalue weighted by atomic mass is 16.5. The molecule has 1 aromatic carbocycles. The molecule has 3 rings (SSSR count). The molecule has 0 unspecified atom stereocenters. The normalized spacial score (nSPS) is 11.2. The fourth-order valence-corrected chi connectivity index (χ4v) is 2.74. The fraction of sp³-hybridized carbons (Fsp3) is 0.316. The van der Waals surface area contributed by atoms with Gasteiger partial charge in [0.1, 0.15) is 5.69 Å². The van der Waals surface area contributed by atoms with E-state index in [0.717, 1.165) is 29.1 Å². The van der Waals surface area contributed by atoms with Crippen LogP contribution < -0.4 is 5.56 Å². The molecule has 0 radical (unpaired) electrons. The van der Waals surface area contributed by atoms with Gasteiger partial charge in [-0.25, -0.2) is 9.36 Å². The van der Waals surface area contributed by atoms with Crippen LogP contribution in [0.15, 0.2) is 53.5 Å². The largest absolute Gasteiger partial charge is 0.384 e. The van der Waals surface area contributed by atoms with E-state index in [-0.39, 0.29) is 11.6 Å². The highest BCUT2D eigenvalue weighted by Crippen LogP contribution is 2.25. The summed E-state index contributed by atoms with van der Waals surface area (Å²) in [6.45, 7) is 4.48. The molecule has 0 bridgehead atoms. The van der Waals surface area contributed by atoms with Gasteiger partial charge in [-0.2, -0.15) is 10.2 Å². The Labute approximate surface area is 146 Å². The quantitative estimate of drug-likeness (QED) is 0.693. The number of methoxy groups -OCH3 is 1. The van der Waals surface area contributed by atoms with Crippen LogP contribution in [0, 0.1) is 0 Å². The van der Waals surface area contributed by atoms with Crippen molar-refractivity contribution in [2.75, 3.05) is 13.7 Å². The molecule has 0 aliphatic carbocycles. The topological polar surface area (TPSA) is 61.9 Å². The maximum absolute atomic E-state index is 12.1. The van der Waals surface area contributed by atoms with Gasteiger partial charge in [-0.3, -0.25) is 4.79 Å². The van der Waals surface area contributed by atoms with E-state index in [0.29, 0.717) is 6.61 Å². The van der Waals surface area contributed by atoms with Gasteiger partial charge in [-0.15, -0.1) is 0 Å². The minimum Gasteiger partial charge on any atom is -0.384 e. The molecule has 0 fully saturated rings. The molecule has 0 aliphatic rings. The molecule has 6 heteroatoms. The molecule has 130 valence electrons. The fourth-order valence-electron chi connectivity index (χ4n) is 2.74. The van der Waals surface area contributed by atoms with E-state index in [1.165, 1.54) is 4.68 Å². The molecule has 6 nitrogen and oxygen atoms in total. The molecule has 0 saturated heterocycles. The number of benzene rings is 1. The summed E-state index contributed by atoms with van der Waals surface area (Å²) in [4.78, 5) is 12.1. The first kappa shape index (κ1) is 17.1. The predicted molar refractivity (Wildman–Crippen MR) is 97.0 cm³/mol. The summed E-state index contributed by atoms with van der Waals surface area (Å²) in [5.74, 6) is 0. The Hall–Kier alpha value is -2.73. The zero-order chi connectivity index (χ0) is 17.8. The average molecular weight is 338 g/mol. The van der Waals surface area contributed by atoms with Crippen molar-refractivity contribution in [1.82, 2.24) is 19.6 Å². The smallest absolute Gasteiger partial charge is 0.267 e. The van der Waals surface area contributed by atoms with E-state index >= 15 is 0 Å². The lowest BCUT2D eigenvalue weighted by molar-refractivity contribution is 0.202. The van der Waals surface area contributed by atoms with E-state index in [1.807, 2.05) is 55.1 Å². The van der Waals surface area contributed by atoms with Crippen LogP contribution in [-0.4, -0.2) is 33.3 Å². The average Bonchev–Trinajstić information content (AvgIpc) is 3.04. The van der Waals surface area contributed by atoms with Gasteiger partial charge in [0, 0.05) is 18.7 Å². The summed E-state index contributed by atoms with van der Waals surface area (Å²) in [6, 6.07) is 13.2. The van der Waals surface area contributed by atoms with Crippen LogP contribution in [0.2, 0.25) is 0 Å². The third-order valence-corrected chi connectivity index (χ3v) is 3.98. The minimum atomic E-state index is -0.108. The van der Waals surface area contributed by atoms with Crippen LogP contribution >= 0.6 is 0 Å². The summed E-state index contributed by atoms with van der Waals surface area (Å²) >= 11 is 0. The first-order valence-corrected chi connectivity index (χ1v) is 8.33. The molecular weight excluding hydrogens is 316 g/mol. The van der Waals surface area contributed by atoms with Crippen molar-refractivity contribution in [1.29, 1.82) is 0 Å². The van der Waals surface area contributed by atoms with Crippen LogP contribution in [0.25, 0.3) is 17.1 Å². The van der Waals surface area contributed by atoms with Crippen molar-refractivity contribution in [3.8, 4) is 17.1 Å². The molecule has 3 aromatic rings. The molecule has 0 aliphatic heterocycles. The summed E-state index contributed by atoms with van der Waals surface area (Å²) in [6.07, 6.45) is 2.56. The third kappa shape index (κ3) is 3.53. The Bertz CT molecular complexity index is 897. The second kappa shape index (κ2) is 7.44. The maximum atomic E-state index is 12.1. The van der Waals surface area contributed by atoms with Gasteiger partial charge in [-0.05, 0) is 38.5 Å². The van der Waals surface area contributed by atoms with Crippen LogP contribution in [0.5, 0.6) is 0 Å². The lowest BCUT2D eigenvalue weighted by Gasteiger charge is -2.13. The highest BCUT2D eigenvalue weighted by molar-refractivity contribution is 5.61. The Morgan fingerprint density at radius 2 is 1.88 bits per heavy atom. The van der Waals surface area contributed by atoms with E-state index in [1.54, 1.807) is 19.2 Å². The Morgan fingerprint density at radius 1 is 1.12 bits per heavy atom. The summed E-state index contributed by atoms with van der Waals surface area (Å²) in [5, 5.41) is 9.12. The van der Waals surface area contributed by atoms with Crippen molar-refractivity contribution < 1.29 is 4.74 Å². The standard InChI is InChI=1S/C19H22N4O2/c1-14(2)22-18(24)10-9-17(21-22)19-15(11-12-25-3)13-20-23(19)16-7-5-4-6-8-16/h4-10,13-14H,11-12H2,1-3H3. The van der Waals surface area contributed by atoms with Gasteiger partial charge in [0.25, 0.3) is 5.56 Å². The molecule has 0 spiro atoms. The molecular formula is C19H22N4O2. The number of aromatic nitrogens is 4. The number of para-hydroxylation sites is 1. The van der Waals surface area contributed by atoms with Gasteiger partial charge in [0.05, 0.1) is 30.2 Å². The number of hydrogen-bond acceptors (Lipinski definition) is 4. The zero-order valence-corrected chi connectivity index (χ0v) is 14.7. The molecule has 0 N–H and O–H groups in total. The maximum Gasteiger partial charge on any atom is 0.267 e. The van der Waals surface area contributed by atoms with Gasteiger partial charge >= 0.3 is 0 Å². The van der Waals surface area contributed by atoms with Crippen molar-refractivity contribution in [3.63, 3.8) is 0 Å². The zero-order valence-electron chi connectivity index (χ0n) is 14.7. The lowest BCUT2D eigenvalue weighted by atomic mass is 10.1. The number of rotatable bonds is 6. The molecule has 25 heavy (non-hydrogen) atoms. The Morgan fingerprint density at radius 3 is 2.56 bits per heavy atom. The van der Waals surface area contributed by atoms with Crippen molar-refractivity contribution in [2.45, 2.75) is 26.3 Å². The summed E-state index contributed by atoms with van der Waals surface area (Å²) in [7, 11) is 1.68. The van der Waals surface area contributed by atoms with Crippen molar-refractivity contribution in [3.05, 3.63) is 64.6 Å².